The van der Waals surface area contributed by atoms with Gasteiger partial charge in [-0.05, 0) is 48.2 Å². The van der Waals surface area contributed by atoms with Crippen molar-refractivity contribution in [2.24, 2.45) is 0 Å². The summed E-state index contributed by atoms with van der Waals surface area (Å²) in [6, 6.07) is 8.05. The monoisotopic (exact) mass is 343 g/mol. The number of nitrogens with one attached hydrogen (secondary N) is 1. The molecule has 1 heterocycles. The predicted molar refractivity (Wildman–Crippen MR) is 74.5 cm³/mol. The fourth-order valence-corrected chi connectivity index (χ4v) is 2.16. The van der Waals surface area contributed by atoms with E-state index in [1.165, 1.54) is 0 Å². The fourth-order valence-electron chi connectivity index (χ4n) is 1.55. The minimum absolute atomic E-state index is 0.0858. The molecule has 0 spiro atoms. The Kier molecular flexibility index (Phi) is 4.11. The van der Waals surface area contributed by atoms with Crippen LogP contribution in [0, 0.1) is 3.57 Å². The average Bonchev–Trinajstić information content (AvgIpc) is 2.79. The molecule has 1 unspecified atom stereocenters. The molecule has 2 rings (SSSR count). The molecule has 4 nitrogen and oxygen atoms in total. The molecule has 90 valence electrons. The smallest absolute Gasteiger partial charge is 0.248 e. The number of hydrogen-bond donors (Lipinski definition) is 1. The van der Waals surface area contributed by atoms with Gasteiger partial charge in [0, 0.05) is 3.57 Å². The van der Waals surface area contributed by atoms with Gasteiger partial charge in [-0.3, -0.25) is 0 Å². The van der Waals surface area contributed by atoms with Crippen molar-refractivity contribution in [2.45, 2.75) is 19.9 Å². The third-order valence-corrected chi connectivity index (χ3v) is 3.37. The van der Waals surface area contributed by atoms with Crippen molar-refractivity contribution in [3.63, 3.8) is 0 Å². The molecule has 0 saturated carbocycles. The SMILES string of the molecule is CCNC(C)c1nnc(-c2ccccc2I)o1. The van der Waals surface area contributed by atoms with Gasteiger partial charge in [0.25, 0.3) is 0 Å². The van der Waals surface area contributed by atoms with Crippen LogP contribution in [0.1, 0.15) is 25.8 Å². The van der Waals surface area contributed by atoms with Crippen molar-refractivity contribution < 1.29 is 4.42 Å². The highest BCUT2D eigenvalue weighted by Gasteiger charge is 2.15. The lowest BCUT2D eigenvalue weighted by Crippen LogP contribution is -2.17. The Balaban J connectivity index is 2.27. The normalized spacial score (nSPS) is 12.6. The lowest BCUT2D eigenvalue weighted by molar-refractivity contribution is 0.429. The van der Waals surface area contributed by atoms with Gasteiger partial charge in [-0.15, -0.1) is 10.2 Å². The van der Waals surface area contributed by atoms with Crippen molar-refractivity contribution in [3.05, 3.63) is 33.7 Å². The molecule has 1 aromatic heterocycles. The highest BCUT2D eigenvalue weighted by molar-refractivity contribution is 14.1. The van der Waals surface area contributed by atoms with Gasteiger partial charge in [-0.2, -0.15) is 0 Å². The predicted octanol–water partition coefficient (Wildman–Crippen LogP) is 3.01. The van der Waals surface area contributed by atoms with E-state index in [1.807, 2.05) is 38.1 Å². The lowest BCUT2D eigenvalue weighted by atomic mass is 10.2. The topological polar surface area (TPSA) is 51.0 Å². The van der Waals surface area contributed by atoms with Crippen molar-refractivity contribution in [3.8, 4) is 11.5 Å². The van der Waals surface area contributed by atoms with Crippen LogP contribution in [-0.4, -0.2) is 16.7 Å². The van der Waals surface area contributed by atoms with Crippen LogP contribution in [0.2, 0.25) is 0 Å². The Labute approximate surface area is 114 Å². The summed E-state index contributed by atoms with van der Waals surface area (Å²) < 4.78 is 6.78. The molecule has 1 aromatic carbocycles. The lowest BCUT2D eigenvalue weighted by Gasteiger charge is -2.05. The van der Waals surface area contributed by atoms with Crippen LogP contribution in [0.3, 0.4) is 0 Å². The first-order valence-corrected chi connectivity index (χ1v) is 6.62. The summed E-state index contributed by atoms with van der Waals surface area (Å²) in [5, 5.41) is 11.4. The van der Waals surface area contributed by atoms with Crippen molar-refractivity contribution >= 4 is 22.6 Å². The first-order valence-electron chi connectivity index (χ1n) is 5.54. The molecular formula is C12H14IN3O. The van der Waals surface area contributed by atoms with E-state index in [9.17, 15) is 0 Å². The summed E-state index contributed by atoms with van der Waals surface area (Å²) in [6.07, 6.45) is 0. The number of benzene rings is 1. The molecular weight excluding hydrogens is 329 g/mol. The first kappa shape index (κ1) is 12.5. The van der Waals surface area contributed by atoms with Gasteiger partial charge in [-0.25, -0.2) is 0 Å². The number of nitrogens with zero attached hydrogens (tertiary/aromatic N) is 2. The van der Waals surface area contributed by atoms with Gasteiger partial charge in [-0.1, -0.05) is 19.1 Å². The molecule has 17 heavy (non-hydrogen) atoms. The molecule has 0 amide bonds. The Morgan fingerprint density at radius 2 is 2.12 bits per heavy atom. The maximum absolute atomic E-state index is 5.68. The van der Waals surface area contributed by atoms with E-state index < -0.39 is 0 Å². The van der Waals surface area contributed by atoms with Crippen molar-refractivity contribution in [1.29, 1.82) is 0 Å². The van der Waals surface area contributed by atoms with E-state index in [0.717, 1.165) is 15.7 Å². The van der Waals surface area contributed by atoms with Crippen LogP contribution in [0.25, 0.3) is 11.5 Å². The minimum atomic E-state index is 0.0858. The Morgan fingerprint density at radius 3 is 2.82 bits per heavy atom. The summed E-state index contributed by atoms with van der Waals surface area (Å²) in [4.78, 5) is 0. The number of hydrogen-bond acceptors (Lipinski definition) is 4. The molecule has 0 aliphatic heterocycles. The molecule has 0 radical (unpaired) electrons. The summed E-state index contributed by atoms with van der Waals surface area (Å²) in [7, 11) is 0. The van der Waals surface area contributed by atoms with Crippen molar-refractivity contribution in [2.75, 3.05) is 6.54 Å². The van der Waals surface area contributed by atoms with Gasteiger partial charge in [0.05, 0.1) is 11.6 Å². The second kappa shape index (κ2) is 5.59. The quantitative estimate of drug-likeness (QED) is 0.867. The molecule has 0 aliphatic carbocycles. The second-order valence-corrected chi connectivity index (χ2v) is 4.87. The van der Waals surface area contributed by atoms with Crippen molar-refractivity contribution in [1.82, 2.24) is 15.5 Å². The van der Waals surface area contributed by atoms with Crippen LogP contribution in [0.4, 0.5) is 0 Å². The second-order valence-electron chi connectivity index (χ2n) is 3.70. The Morgan fingerprint density at radius 1 is 1.35 bits per heavy atom. The first-order chi connectivity index (χ1) is 8.22. The zero-order chi connectivity index (χ0) is 12.3. The number of rotatable bonds is 4. The van der Waals surface area contributed by atoms with E-state index in [1.54, 1.807) is 0 Å². The van der Waals surface area contributed by atoms with Gasteiger partial charge in [0.2, 0.25) is 11.8 Å². The molecule has 1 atom stereocenters. The minimum Gasteiger partial charge on any atom is -0.419 e. The van der Waals surface area contributed by atoms with Crippen LogP contribution >= 0.6 is 22.6 Å². The fraction of sp³-hybridized carbons (Fsp3) is 0.333. The van der Waals surface area contributed by atoms with Gasteiger partial charge in [0.1, 0.15) is 0 Å². The molecule has 0 aliphatic rings. The van der Waals surface area contributed by atoms with E-state index in [2.05, 4.69) is 38.1 Å². The van der Waals surface area contributed by atoms with Gasteiger partial charge >= 0.3 is 0 Å². The van der Waals surface area contributed by atoms with Gasteiger partial charge in [0.15, 0.2) is 0 Å². The highest BCUT2D eigenvalue weighted by Crippen LogP contribution is 2.24. The molecule has 2 aromatic rings. The van der Waals surface area contributed by atoms with E-state index in [0.29, 0.717) is 11.8 Å². The summed E-state index contributed by atoms with van der Waals surface area (Å²) in [5.74, 6) is 1.20. The highest BCUT2D eigenvalue weighted by atomic mass is 127. The Hall–Kier alpha value is -0.950. The standard InChI is InChI=1S/C12H14IN3O/c1-3-14-8(2)11-15-16-12(17-11)9-6-4-5-7-10(9)13/h4-8,14H,3H2,1-2H3. The van der Waals surface area contributed by atoms with Crippen LogP contribution in [0.5, 0.6) is 0 Å². The third kappa shape index (κ3) is 2.84. The summed E-state index contributed by atoms with van der Waals surface area (Å²) in [5.41, 5.74) is 0.982. The van der Waals surface area contributed by atoms with Crippen LogP contribution in [-0.2, 0) is 0 Å². The molecule has 1 N–H and O–H groups in total. The summed E-state index contributed by atoms with van der Waals surface area (Å²) in [6.45, 7) is 4.94. The van der Waals surface area contributed by atoms with E-state index in [-0.39, 0.29) is 6.04 Å². The number of aromatic nitrogens is 2. The van der Waals surface area contributed by atoms with E-state index in [4.69, 9.17) is 4.42 Å². The Bertz CT molecular complexity index is 498. The largest absolute Gasteiger partial charge is 0.419 e. The zero-order valence-corrected chi connectivity index (χ0v) is 11.9. The van der Waals surface area contributed by atoms with Gasteiger partial charge < -0.3 is 9.73 Å². The number of halogens is 1. The molecule has 0 fully saturated rings. The third-order valence-electron chi connectivity index (χ3n) is 2.43. The van der Waals surface area contributed by atoms with Crippen LogP contribution in [0.15, 0.2) is 28.7 Å². The molecule has 0 bridgehead atoms. The maximum atomic E-state index is 5.68. The van der Waals surface area contributed by atoms with E-state index >= 15 is 0 Å². The maximum Gasteiger partial charge on any atom is 0.248 e. The molecule has 5 heteroatoms. The molecule has 0 saturated heterocycles. The average molecular weight is 343 g/mol. The summed E-state index contributed by atoms with van der Waals surface area (Å²) >= 11 is 2.26. The zero-order valence-electron chi connectivity index (χ0n) is 9.77. The van der Waals surface area contributed by atoms with Crippen LogP contribution < -0.4 is 5.32 Å².